The molecule has 1 N–H and O–H groups in total. The van der Waals surface area contributed by atoms with Gasteiger partial charge in [-0.2, -0.15) is 0 Å². The lowest BCUT2D eigenvalue weighted by atomic mass is 10.2. The number of likely N-dealkylation sites (tertiary alicyclic amines) is 1. The minimum atomic E-state index is -0.239. The third-order valence-electron chi connectivity index (χ3n) is 3.67. The number of urea groups is 1. The summed E-state index contributed by atoms with van der Waals surface area (Å²) in [5, 5.41) is 2.67. The number of carbonyl (C=O) groups excluding carboxylic acids is 2. The van der Waals surface area contributed by atoms with Crippen molar-refractivity contribution in [1.82, 2.24) is 15.1 Å². The smallest absolute Gasteiger partial charge is 0.324 e. The van der Waals surface area contributed by atoms with Crippen LogP contribution < -0.4 is 5.32 Å². The van der Waals surface area contributed by atoms with E-state index in [9.17, 15) is 9.59 Å². The van der Waals surface area contributed by atoms with Crippen molar-refractivity contribution in [3.8, 4) is 0 Å². The molecule has 0 aliphatic carbocycles. The second kappa shape index (κ2) is 5.49. The maximum Gasteiger partial charge on any atom is 0.324 e. The van der Waals surface area contributed by atoms with Gasteiger partial charge in [0.25, 0.3) is 0 Å². The highest BCUT2D eigenvalue weighted by Gasteiger charge is 2.32. The first kappa shape index (κ1) is 12.4. The number of amides is 3. The summed E-state index contributed by atoms with van der Waals surface area (Å²) < 4.78 is 0. The van der Waals surface area contributed by atoms with Gasteiger partial charge in [-0.1, -0.05) is 12.8 Å². The van der Waals surface area contributed by atoms with E-state index in [0.29, 0.717) is 13.1 Å². The molecular formula is C12H21N3O2. The number of hydrogen-bond donors (Lipinski definition) is 1. The van der Waals surface area contributed by atoms with E-state index < -0.39 is 0 Å². The molecule has 2 aliphatic heterocycles. The fourth-order valence-electron chi connectivity index (χ4n) is 2.55. The van der Waals surface area contributed by atoms with Crippen molar-refractivity contribution < 1.29 is 9.59 Å². The van der Waals surface area contributed by atoms with Gasteiger partial charge in [-0.15, -0.1) is 0 Å². The van der Waals surface area contributed by atoms with Gasteiger partial charge < -0.3 is 5.32 Å². The van der Waals surface area contributed by atoms with E-state index in [1.807, 2.05) is 6.92 Å². The first-order chi connectivity index (χ1) is 8.20. The minimum absolute atomic E-state index is 0.0538. The SMILES string of the molecule is C[C@@H](C(=O)N1CCNC1=O)N1CCCCCC1. The maximum absolute atomic E-state index is 12.2. The van der Waals surface area contributed by atoms with Crippen molar-refractivity contribution in [3.63, 3.8) is 0 Å². The molecule has 0 aromatic heterocycles. The monoisotopic (exact) mass is 239 g/mol. The Balaban J connectivity index is 1.95. The van der Waals surface area contributed by atoms with Crippen LogP contribution in [0, 0.1) is 0 Å². The Morgan fingerprint density at radius 3 is 2.35 bits per heavy atom. The largest absolute Gasteiger partial charge is 0.336 e. The highest BCUT2D eigenvalue weighted by atomic mass is 16.2. The number of rotatable bonds is 2. The van der Waals surface area contributed by atoms with Gasteiger partial charge in [-0.3, -0.25) is 14.6 Å². The van der Waals surface area contributed by atoms with Crippen LogP contribution in [0.4, 0.5) is 4.79 Å². The molecule has 2 heterocycles. The van der Waals surface area contributed by atoms with E-state index in [0.717, 1.165) is 25.9 Å². The van der Waals surface area contributed by atoms with Gasteiger partial charge in [0.15, 0.2) is 0 Å². The molecule has 2 aliphatic rings. The summed E-state index contributed by atoms with van der Waals surface area (Å²) in [6, 6.07) is -0.409. The van der Waals surface area contributed by atoms with E-state index in [2.05, 4.69) is 10.2 Å². The lowest BCUT2D eigenvalue weighted by Gasteiger charge is -2.28. The van der Waals surface area contributed by atoms with Crippen LogP contribution in [0.15, 0.2) is 0 Å². The number of carbonyl (C=O) groups is 2. The molecule has 2 fully saturated rings. The Morgan fingerprint density at radius 2 is 1.82 bits per heavy atom. The lowest BCUT2D eigenvalue weighted by Crippen LogP contribution is -2.48. The molecule has 0 aromatic rings. The number of imide groups is 1. The molecule has 96 valence electrons. The zero-order valence-corrected chi connectivity index (χ0v) is 10.4. The van der Waals surface area contributed by atoms with Crippen molar-refractivity contribution in [1.29, 1.82) is 0 Å². The van der Waals surface area contributed by atoms with Crippen molar-refractivity contribution in [2.24, 2.45) is 0 Å². The predicted octanol–water partition coefficient (Wildman–Crippen LogP) is 0.803. The van der Waals surface area contributed by atoms with Crippen LogP contribution in [-0.4, -0.2) is 54.0 Å². The average molecular weight is 239 g/mol. The van der Waals surface area contributed by atoms with Crippen LogP contribution in [0.25, 0.3) is 0 Å². The molecule has 0 aromatic carbocycles. The highest BCUT2D eigenvalue weighted by Crippen LogP contribution is 2.14. The van der Waals surface area contributed by atoms with E-state index in [1.54, 1.807) is 0 Å². The third-order valence-corrected chi connectivity index (χ3v) is 3.67. The van der Waals surface area contributed by atoms with Crippen LogP contribution in [-0.2, 0) is 4.79 Å². The van der Waals surface area contributed by atoms with Crippen molar-refractivity contribution >= 4 is 11.9 Å². The van der Waals surface area contributed by atoms with Gasteiger partial charge in [0.05, 0.1) is 6.04 Å². The summed E-state index contributed by atoms with van der Waals surface area (Å²) in [6.07, 6.45) is 4.82. The molecule has 5 nitrogen and oxygen atoms in total. The first-order valence-corrected chi connectivity index (χ1v) is 6.53. The summed E-state index contributed by atoms with van der Waals surface area (Å²) >= 11 is 0. The minimum Gasteiger partial charge on any atom is -0.336 e. The van der Waals surface area contributed by atoms with Crippen LogP contribution in [0.1, 0.15) is 32.6 Å². The fraction of sp³-hybridized carbons (Fsp3) is 0.833. The van der Waals surface area contributed by atoms with Crippen LogP contribution >= 0.6 is 0 Å². The summed E-state index contributed by atoms with van der Waals surface area (Å²) in [6.45, 7) is 4.96. The highest BCUT2D eigenvalue weighted by molar-refractivity contribution is 5.98. The molecule has 3 amide bonds. The molecule has 2 saturated heterocycles. The van der Waals surface area contributed by atoms with Crippen molar-refractivity contribution in [2.75, 3.05) is 26.2 Å². The van der Waals surface area contributed by atoms with Gasteiger partial charge in [0.1, 0.15) is 0 Å². The molecular weight excluding hydrogens is 218 g/mol. The van der Waals surface area contributed by atoms with Gasteiger partial charge in [-0.25, -0.2) is 4.79 Å². The molecule has 0 bridgehead atoms. The van der Waals surface area contributed by atoms with E-state index in [1.165, 1.54) is 17.7 Å². The molecule has 5 heteroatoms. The molecule has 0 unspecified atom stereocenters. The second-order valence-corrected chi connectivity index (χ2v) is 4.85. The zero-order chi connectivity index (χ0) is 12.3. The van der Waals surface area contributed by atoms with E-state index in [-0.39, 0.29) is 18.0 Å². The molecule has 17 heavy (non-hydrogen) atoms. The zero-order valence-electron chi connectivity index (χ0n) is 10.4. The first-order valence-electron chi connectivity index (χ1n) is 6.53. The Morgan fingerprint density at radius 1 is 1.18 bits per heavy atom. The molecule has 2 rings (SSSR count). The van der Waals surface area contributed by atoms with Gasteiger partial charge >= 0.3 is 6.03 Å². The quantitative estimate of drug-likeness (QED) is 0.775. The predicted molar refractivity (Wildman–Crippen MR) is 64.6 cm³/mol. The second-order valence-electron chi connectivity index (χ2n) is 4.85. The maximum atomic E-state index is 12.2. The Kier molecular flexibility index (Phi) is 3.99. The molecule has 0 saturated carbocycles. The van der Waals surface area contributed by atoms with Crippen LogP contribution in [0.2, 0.25) is 0 Å². The summed E-state index contributed by atoms with van der Waals surface area (Å²) in [7, 11) is 0. The number of nitrogens with zero attached hydrogens (tertiary/aromatic N) is 2. The molecule has 0 spiro atoms. The fourth-order valence-corrected chi connectivity index (χ4v) is 2.55. The third kappa shape index (κ3) is 2.77. The Labute approximate surface area is 102 Å². The number of hydrogen-bond acceptors (Lipinski definition) is 3. The van der Waals surface area contributed by atoms with Crippen LogP contribution in [0.5, 0.6) is 0 Å². The van der Waals surface area contributed by atoms with Gasteiger partial charge in [-0.05, 0) is 32.9 Å². The standard InChI is InChI=1S/C12H21N3O2/c1-10(14-7-4-2-3-5-8-14)11(16)15-9-6-13-12(15)17/h10H,2-9H2,1H3,(H,13,17)/t10-/m0/s1. The summed E-state index contributed by atoms with van der Waals surface area (Å²) in [4.78, 5) is 27.2. The molecule has 0 radical (unpaired) electrons. The van der Waals surface area contributed by atoms with E-state index in [4.69, 9.17) is 0 Å². The summed E-state index contributed by atoms with van der Waals surface area (Å²) in [5.74, 6) is -0.0538. The Bertz CT molecular complexity index is 298. The van der Waals surface area contributed by atoms with Crippen LogP contribution in [0.3, 0.4) is 0 Å². The Hall–Kier alpha value is -1.10. The van der Waals surface area contributed by atoms with E-state index >= 15 is 0 Å². The summed E-state index contributed by atoms with van der Waals surface area (Å²) in [5.41, 5.74) is 0. The van der Waals surface area contributed by atoms with Gasteiger partial charge in [0, 0.05) is 13.1 Å². The van der Waals surface area contributed by atoms with Crippen molar-refractivity contribution in [2.45, 2.75) is 38.6 Å². The normalized spacial score (nSPS) is 24.3. The lowest BCUT2D eigenvalue weighted by molar-refractivity contribution is -0.132. The molecule has 1 atom stereocenters. The van der Waals surface area contributed by atoms with Gasteiger partial charge in [0.2, 0.25) is 5.91 Å². The topological polar surface area (TPSA) is 52.7 Å². The number of nitrogens with one attached hydrogen (secondary N) is 1. The average Bonchev–Trinajstić information content (AvgIpc) is 2.60. The van der Waals surface area contributed by atoms with Crippen molar-refractivity contribution in [3.05, 3.63) is 0 Å².